The number of hydrogen-bond acceptors (Lipinski definition) is 5. The quantitative estimate of drug-likeness (QED) is 0.890. The lowest BCUT2D eigenvalue weighted by Crippen LogP contribution is -2.13. The summed E-state index contributed by atoms with van der Waals surface area (Å²) in [6, 6.07) is 0. The molecule has 0 bridgehead atoms. The molecule has 1 amide bonds. The van der Waals surface area contributed by atoms with Crippen LogP contribution in [0.5, 0.6) is 0 Å². The molecule has 108 valence electrons. The number of aryl methyl sites for hydroxylation is 2. The van der Waals surface area contributed by atoms with Crippen molar-refractivity contribution < 1.29 is 9.21 Å². The van der Waals surface area contributed by atoms with Gasteiger partial charge in [0.05, 0.1) is 5.69 Å². The van der Waals surface area contributed by atoms with Crippen LogP contribution in [0.25, 0.3) is 0 Å². The number of carbonyl (C=O) groups excluding carboxylic acids is 1. The van der Waals surface area contributed by atoms with Gasteiger partial charge in [-0.25, -0.2) is 10.1 Å². The molecule has 0 aliphatic heterocycles. The number of rotatable bonds is 4. The first-order chi connectivity index (χ1) is 9.36. The Hall–Kier alpha value is -2.18. The molecule has 0 aromatic carbocycles. The van der Waals surface area contributed by atoms with Crippen molar-refractivity contribution in [3.05, 3.63) is 23.7 Å². The summed E-state index contributed by atoms with van der Waals surface area (Å²) < 4.78 is 5.74. The number of amides is 1. The minimum atomic E-state index is -0.144. The van der Waals surface area contributed by atoms with Gasteiger partial charge in [0.15, 0.2) is 5.89 Å². The number of anilines is 1. The molecule has 0 spiro atoms. The lowest BCUT2D eigenvalue weighted by molar-refractivity contribution is -0.116. The van der Waals surface area contributed by atoms with Crippen LogP contribution in [0.2, 0.25) is 0 Å². The maximum Gasteiger partial charge on any atom is 0.227 e. The van der Waals surface area contributed by atoms with Gasteiger partial charge < -0.3 is 4.42 Å². The van der Waals surface area contributed by atoms with Crippen LogP contribution >= 0.6 is 0 Å². The second-order valence-corrected chi connectivity index (χ2v) is 5.66. The predicted molar refractivity (Wildman–Crippen MR) is 73.3 cm³/mol. The lowest BCUT2D eigenvalue weighted by Gasteiger charge is -2.12. The summed E-state index contributed by atoms with van der Waals surface area (Å²) in [7, 11) is 0. The highest BCUT2D eigenvalue weighted by Gasteiger charge is 2.22. The summed E-state index contributed by atoms with van der Waals surface area (Å²) in [6.45, 7) is 8.01. The summed E-state index contributed by atoms with van der Waals surface area (Å²) in [5.41, 5.74) is 0.702. The van der Waals surface area contributed by atoms with Gasteiger partial charge in [0.1, 0.15) is 12.1 Å². The number of carbonyl (C=O) groups is 1. The van der Waals surface area contributed by atoms with Crippen molar-refractivity contribution in [1.29, 1.82) is 0 Å². The molecule has 0 unspecified atom stereocenters. The fourth-order valence-electron chi connectivity index (χ4n) is 1.67. The average Bonchev–Trinajstić information content (AvgIpc) is 2.95. The third-order valence-corrected chi connectivity index (χ3v) is 2.79. The van der Waals surface area contributed by atoms with Crippen molar-refractivity contribution in [2.45, 2.75) is 46.0 Å². The van der Waals surface area contributed by atoms with E-state index < -0.39 is 0 Å². The molecule has 2 aromatic rings. The van der Waals surface area contributed by atoms with Crippen LogP contribution in [0.15, 0.2) is 10.7 Å². The lowest BCUT2D eigenvalue weighted by atomic mass is 9.97. The second-order valence-electron chi connectivity index (χ2n) is 5.66. The fraction of sp³-hybridized carbons (Fsp3) is 0.538. The number of oxazole rings is 1. The zero-order chi connectivity index (χ0) is 14.8. The molecule has 0 radical (unpaired) electrons. The Balaban J connectivity index is 1.94. The molecular formula is C13H19N5O2. The highest BCUT2D eigenvalue weighted by Crippen LogP contribution is 2.24. The Morgan fingerprint density at radius 2 is 2.20 bits per heavy atom. The van der Waals surface area contributed by atoms with E-state index in [1.54, 1.807) is 0 Å². The largest absolute Gasteiger partial charge is 0.445 e. The van der Waals surface area contributed by atoms with Crippen molar-refractivity contribution in [3.63, 3.8) is 0 Å². The number of aromatic nitrogens is 4. The monoisotopic (exact) mass is 277 g/mol. The van der Waals surface area contributed by atoms with Crippen LogP contribution < -0.4 is 5.32 Å². The molecule has 2 heterocycles. The Labute approximate surface area is 117 Å². The number of aromatic amines is 1. The molecule has 0 aliphatic carbocycles. The number of nitrogens with one attached hydrogen (secondary N) is 2. The normalized spacial score (nSPS) is 11.6. The summed E-state index contributed by atoms with van der Waals surface area (Å²) >= 11 is 0. The van der Waals surface area contributed by atoms with Gasteiger partial charge in [0.2, 0.25) is 11.9 Å². The highest BCUT2D eigenvalue weighted by atomic mass is 16.4. The van der Waals surface area contributed by atoms with Gasteiger partial charge in [-0.2, -0.15) is 10.1 Å². The van der Waals surface area contributed by atoms with Crippen molar-refractivity contribution in [2.24, 2.45) is 0 Å². The van der Waals surface area contributed by atoms with E-state index in [4.69, 9.17) is 4.42 Å². The zero-order valence-electron chi connectivity index (χ0n) is 12.1. The highest BCUT2D eigenvalue weighted by molar-refractivity contribution is 5.88. The average molecular weight is 277 g/mol. The third kappa shape index (κ3) is 3.43. The van der Waals surface area contributed by atoms with Gasteiger partial charge in [-0.15, -0.1) is 0 Å². The topological polar surface area (TPSA) is 96.7 Å². The summed E-state index contributed by atoms with van der Waals surface area (Å²) in [5.74, 6) is 1.65. The molecule has 2 rings (SSSR count). The van der Waals surface area contributed by atoms with E-state index in [0.717, 1.165) is 11.5 Å². The van der Waals surface area contributed by atoms with Crippen LogP contribution in [0.1, 0.15) is 44.5 Å². The summed E-state index contributed by atoms with van der Waals surface area (Å²) in [6.07, 6.45) is 2.15. The van der Waals surface area contributed by atoms with E-state index in [1.165, 1.54) is 6.33 Å². The van der Waals surface area contributed by atoms with Crippen molar-refractivity contribution in [1.82, 2.24) is 20.2 Å². The van der Waals surface area contributed by atoms with Crippen molar-refractivity contribution in [2.75, 3.05) is 5.32 Å². The first kappa shape index (κ1) is 14.2. The Morgan fingerprint density at radius 1 is 1.45 bits per heavy atom. The molecule has 0 aliphatic rings. The number of nitrogens with zero attached hydrogens (tertiary/aromatic N) is 3. The van der Waals surface area contributed by atoms with Gasteiger partial charge >= 0.3 is 0 Å². The van der Waals surface area contributed by atoms with Crippen LogP contribution in [-0.4, -0.2) is 26.1 Å². The van der Waals surface area contributed by atoms with E-state index in [2.05, 4.69) is 25.5 Å². The van der Waals surface area contributed by atoms with Crippen molar-refractivity contribution in [3.8, 4) is 0 Å². The molecule has 2 aromatic heterocycles. The number of hydrogen-bond donors (Lipinski definition) is 2. The maximum atomic E-state index is 11.7. The minimum absolute atomic E-state index is 0.134. The van der Waals surface area contributed by atoms with E-state index >= 15 is 0 Å². The Kier molecular flexibility index (Phi) is 3.87. The first-order valence-corrected chi connectivity index (χ1v) is 6.48. The first-order valence-electron chi connectivity index (χ1n) is 6.48. The van der Waals surface area contributed by atoms with E-state index in [-0.39, 0.29) is 11.3 Å². The molecule has 2 N–H and O–H groups in total. The molecule has 0 atom stereocenters. The van der Waals surface area contributed by atoms with E-state index in [1.807, 2.05) is 27.7 Å². The molecule has 0 saturated heterocycles. The van der Waals surface area contributed by atoms with Crippen LogP contribution in [0, 0.1) is 6.92 Å². The van der Waals surface area contributed by atoms with E-state index in [9.17, 15) is 4.79 Å². The molecule has 0 saturated carbocycles. The van der Waals surface area contributed by atoms with Gasteiger partial charge in [-0.3, -0.25) is 10.1 Å². The van der Waals surface area contributed by atoms with Gasteiger partial charge in [-0.1, -0.05) is 20.8 Å². The molecule has 0 fully saturated rings. The van der Waals surface area contributed by atoms with Gasteiger partial charge in [0, 0.05) is 18.3 Å². The van der Waals surface area contributed by atoms with Crippen molar-refractivity contribution >= 4 is 11.9 Å². The molecule has 7 heteroatoms. The number of H-pyrrole nitrogens is 1. The smallest absolute Gasteiger partial charge is 0.227 e. The van der Waals surface area contributed by atoms with Gasteiger partial charge in [-0.05, 0) is 6.92 Å². The Bertz CT molecular complexity index is 580. The SMILES string of the molecule is Cc1nc(C(C)(C)C)oc1CCC(=O)Nc1ncn[nH]1. The molecular weight excluding hydrogens is 258 g/mol. The zero-order valence-corrected chi connectivity index (χ0v) is 12.1. The Morgan fingerprint density at radius 3 is 2.75 bits per heavy atom. The van der Waals surface area contributed by atoms with Gasteiger partial charge in [0.25, 0.3) is 0 Å². The minimum Gasteiger partial charge on any atom is -0.445 e. The molecule has 20 heavy (non-hydrogen) atoms. The van der Waals surface area contributed by atoms with Crippen LogP contribution in [-0.2, 0) is 16.6 Å². The third-order valence-electron chi connectivity index (χ3n) is 2.79. The van der Waals surface area contributed by atoms with E-state index in [0.29, 0.717) is 24.7 Å². The predicted octanol–water partition coefficient (Wildman–Crippen LogP) is 1.97. The summed E-state index contributed by atoms with van der Waals surface area (Å²) in [5, 5.41) is 8.85. The van der Waals surface area contributed by atoms with Crippen LogP contribution in [0.4, 0.5) is 5.95 Å². The second kappa shape index (κ2) is 5.44. The van der Waals surface area contributed by atoms with Crippen LogP contribution in [0.3, 0.4) is 0 Å². The summed E-state index contributed by atoms with van der Waals surface area (Å²) in [4.78, 5) is 20.0. The standard InChI is InChI=1S/C13H19N5O2/c1-8-9(20-11(16-8)13(2,3)4)5-6-10(19)17-12-14-7-15-18-12/h7H,5-6H2,1-4H3,(H2,14,15,17,18,19). The maximum absolute atomic E-state index is 11.7. The molecule has 7 nitrogen and oxygen atoms in total. The fourth-order valence-corrected chi connectivity index (χ4v) is 1.67.